The first kappa shape index (κ1) is 16.6. The fraction of sp³-hybridized carbons (Fsp3) is 0.812. The fourth-order valence-electron chi connectivity index (χ4n) is 3.04. The van der Waals surface area contributed by atoms with E-state index < -0.39 is 8.32 Å². The van der Waals surface area contributed by atoms with Gasteiger partial charge in [0.25, 0.3) is 0 Å². The molecular formula is C16H30O2Si. The maximum absolute atomic E-state index is 10.6. The topological polar surface area (TPSA) is 26.3 Å². The number of allylic oxidation sites excluding steroid dienone is 1. The Morgan fingerprint density at radius 3 is 2.26 bits per heavy atom. The van der Waals surface area contributed by atoms with Gasteiger partial charge in [0.05, 0.1) is 6.10 Å². The van der Waals surface area contributed by atoms with E-state index in [-0.39, 0.29) is 0 Å². The van der Waals surface area contributed by atoms with E-state index in [4.69, 9.17) is 4.43 Å². The molecule has 0 unspecified atom stereocenters. The van der Waals surface area contributed by atoms with Gasteiger partial charge in [-0.2, -0.15) is 0 Å². The summed E-state index contributed by atoms with van der Waals surface area (Å²) in [6.45, 7) is 9.01. The summed E-state index contributed by atoms with van der Waals surface area (Å²) in [6, 6.07) is 3.65. The van der Waals surface area contributed by atoms with Crippen molar-refractivity contribution in [3.05, 3.63) is 12.2 Å². The first-order valence-electron chi connectivity index (χ1n) is 7.90. The van der Waals surface area contributed by atoms with E-state index in [2.05, 4.69) is 39.8 Å². The number of rotatable bonds is 8. The summed E-state index contributed by atoms with van der Waals surface area (Å²) >= 11 is 0. The van der Waals surface area contributed by atoms with Gasteiger partial charge < -0.3 is 9.22 Å². The normalized spacial score (nSPS) is 25.3. The van der Waals surface area contributed by atoms with E-state index in [1.807, 2.05) is 0 Å². The molecule has 0 heterocycles. The van der Waals surface area contributed by atoms with E-state index in [1.54, 1.807) is 0 Å². The third-order valence-corrected chi connectivity index (χ3v) is 9.56. The van der Waals surface area contributed by atoms with E-state index in [0.717, 1.165) is 19.1 Å². The molecule has 0 N–H and O–H groups in total. The predicted octanol–water partition coefficient (Wildman–Crippen LogP) is 4.57. The minimum absolute atomic E-state index is 0.325. The van der Waals surface area contributed by atoms with Crippen molar-refractivity contribution in [1.82, 2.24) is 0 Å². The lowest BCUT2D eigenvalue weighted by Gasteiger charge is -2.35. The van der Waals surface area contributed by atoms with Gasteiger partial charge in [0.1, 0.15) is 6.29 Å². The summed E-state index contributed by atoms with van der Waals surface area (Å²) in [5, 5.41) is 0. The quantitative estimate of drug-likeness (QED) is 0.370. The number of carbonyl (C=O) groups excluding carboxylic acids is 1. The lowest BCUT2D eigenvalue weighted by molar-refractivity contribution is -0.108. The Morgan fingerprint density at radius 2 is 1.84 bits per heavy atom. The molecule has 0 aromatic heterocycles. The van der Waals surface area contributed by atoms with Crippen LogP contribution in [0.2, 0.25) is 18.1 Å². The van der Waals surface area contributed by atoms with Gasteiger partial charge in [-0.15, -0.1) is 0 Å². The first-order chi connectivity index (χ1) is 9.10. The molecular weight excluding hydrogens is 252 g/mol. The van der Waals surface area contributed by atoms with Crippen molar-refractivity contribution in [3.63, 3.8) is 0 Å². The second-order valence-corrected chi connectivity index (χ2v) is 10.6. The number of hydrogen-bond acceptors (Lipinski definition) is 2. The predicted molar refractivity (Wildman–Crippen MR) is 83.8 cm³/mol. The van der Waals surface area contributed by atoms with Crippen molar-refractivity contribution in [2.75, 3.05) is 0 Å². The zero-order chi connectivity index (χ0) is 14.3. The molecule has 0 saturated carbocycles. The highest BCUT2D eigenvalue weighted by molar-refractivity contribution is 6.73. The van der Waals surface area contributed by atoms with Crippen LogP contribution < -0.4 is 0 Å². The lowest BCUT2D eigenvalue weighted by Crippen LogP contribution is -2.40. The van der Waals surface area contributed by atoms with Crippen molar-refractivity contribution < 1.29 is 9.22 Å². The molecule has 0 spiro atoms. The Balaban J connectivity index is 2.56. The maximum Gasteiger partial charge on any atom is 0.192 e. The molecule has 0 aliphatic heterocycles. The Labute approximate surface area is 119 Å². The molecule has 0 saturated heterocycles. The molecule has 0 amide bonds. The lowest BCUT2D eigenvalue weighted by atomic mass is 9.83. The molecule has 0 radical (unpaired) electrons. The zero-order valence-corrected chi connectivity index (χ0v) is 14.0. The highest BCUT2D eigenvalue weighted by Crippen LogP contribution is 2.31. The van der Waals surface area contributed by atoms with Crippen LogP contribution in [-0.4, -0.2) is 20.7 Å². The van der Waals surface area contributed by atoms with E-state index >= 15 is 0 Å². The highest BCUT2D eigenvalue weighted by atomic mass is 28.4. The Morgan fingerprint density at radius 1 is 1.21 bits per heavy atom. The third-order valence-electron chi connectivity index (χ3n) is 4.89. The largest absolute Gasteiger partial charge is 0.411 e. The summed E-state index contributed by atoms with van der Waals surface area (Å²) < 4.78 is 6.50. The van der Waals surface area contributed by atoms with E-state index in [9.17, 15) is 4.79 Å². The van der Waals surface area contributed by atoms with Gasteiger partial charge in [-0.1, -0.05) is 39.8 Å². The maximum atomic E-state index is 10.6. The summed E-state index contributed by atoms with van der Waals surface area (Å²) in [6.07, 6.45) is 8.89. The van der Waals surface area contributed by atoms with Crippen LogP contribution >= 0.6 is 0 Å². The van der Waals surface area contributed by atoms with Crippen LogP contribution in [0, 0.1) is 11.8 Å². The van der Waals surface area contributed by atoms with Crippen LogP contribution in [0.4, 0.5) is 0 Å². The zero-order valence-electron chi connectivity index (χ0n) is 13.0. The summed E-state index contributed by atoms with van der Waals surface area (Å²) in [7, 11) is -1.48. The molecule has 110 valence electrons. The van der Waals surface area contributed by atoms with Gasteiger partial charge in [-0.3, -0.25) is 0 Å². The Hall–Kier alpha value is -0.413. The van der Waals surface area contributed by atoms with Gasteiger partial charge in [0, 0.05) is 6.42 Å². The molecule has 1 aliphatic carbocycles. The van der Waals surface area contributed by atoms with Crippen molar-refractivity contribution in [3.8, 4) is 0 Å². The van der Waals surface area contributed by atoms with Crippen molar-refractivity contribution in [1.29, 1.82) is 0 Å². The van der Waals surface area contributed by atoms with Crippen molar-refractivity contribution in [2.45, 2.75) is 71.2 Å². The molecule has 19 heavy (non-hydrogen) atoms. The average Bonchev–Trinajstić information content (AvgIpc) is 2.46. The minimum Gasteiger partial charge on any atom is -0.411 e. The molecule has 0 aromatic rings. The monoisotopic (exact) mass is 282 g/mol. The number of carbonyl (C=O) groups is 1. The van der Waals surface area contributed by atoms with Crippen LogP contribution in [-0.2, 0) is 9.22 Å². The molecule has 0 fully saturated rings. The first-order valence-corrected chi connectivity index (χ1v) is 10.4. The van der Waals surface area contributed by atoms with Crippen molar-refractivity contribution >= 4 is 14.6 Å². The molecule has 1 rings (SSSR count). The molecule has 0 aromatic carbocycles. The van der Waals surface area contributed by atoms with Gasteiger partial charge >= 0.3 is 0 Å². The molecule has 0 bridgehead atoms. The minimum atomic E-state index is -1.48. The van der Waals surface area contributed by atoms with Gasteiger partial charge in [-0.05, 0) is 42.8 Å². The van der Waals surface area contributed by atoms with Gasteiger partial charge in [0.15, 0.2) is 8.32 Å². The second-order valence-electron chi connectivity index (χ2n) is 5.91. The summed E-state index contributed by atoms with van der Waals surface area (Å²) in [5.74, 6) is 1.03. The van der Waals surface area contributed by atoms with Crippen LogP contribution in [0.5, 0.6) is 0 Å². The fourth-order valence-corrected chi connectivity index (χ4v) is 5.87. The third kappa shape index (κ3) is 4.57. The standard InChI is InChI=1S/C16H30O2Si/c1-5-19(6-2,7-3)18-16-10-8-15(9-11-16)14(4)12-13-17/h8,10,13-16H,5-7,9,11-12H2,1-4H3/t14-,15+,16-/m1/s1. The summed E-state index contributed by atoms with van der Waals surface area (Å²) in [4.78, 5) is 10.6. The molecule has 3 heteroatoms. The van der Waals surface area contributed by atoms with Gasteiger partial charge in [0.2, 0.25) is 0 Å². The number of aldehydes is 1. The Kier molecular flexibility index (Phi) is 7.01. The Bertz CT molecular complexity index is 289. The molecule has 2 nitrogen and oxygen atoms in total. The average molecular weight is 283 g/mol. The smallest absolute Gasteiger partial charge is 0.192 e. The van der Waals surface area contributed by atoms with Crippen molar-refractivity contribution in [2.24, 2.45) is 11.8 Å². The molecule has 3 atom stereocenters. The second kappa shape index (κ2) is 8.00. The van der Waals surface area contributed by atoms with Crippen LogP contribution in [0.1, 0.15) is 47.0 Å². The SMILES string of the molecule is CC[Si](CC)(CC)O[C@@H]1C=C[C@H]([C@H](C)CC=O)CC1. The van der Waals surface area contributed by atoms with Crippen LogP contribution in [0.15, 0.2) is 12.2 Å². The van der Waals surface area contributed by atoms with Gasteiger partial charge in [-0.25, -0.2) is 0 Å². The van der Waals surface area contributed by atoms with Crippen LogP contribution in [0.25, 0.3) is 0 Å². The highest BCUT2D eigenvalue weighted by Gasteiger charge is 2.32. The van der Waals surface area contributed by atoms with Crippen LogP contribution in [0.3, 0.4) is 0 Å². The molecule has 1 aliphatic rings. The van der Waals surface area contributed by atoms with E-state index in [0.29, 0.717) is 24.4 Å². The summed E-state index contributed by atoms with van der Waals surface area (Å²) in [5.41, 5.74) is 0. The number of hydrogen-bond donors (Lipinski definition) is 0. The van der Waals surface area contributed by atoms with E-state index in [1.165, 1.54) is 18.1 Å².